The molecule has 1 heterocycles. The first-order chi connectivity index (χ1) is 10.3. The lowest BCUT2D eigenvalue weighted by Gasteiger charge is -2.29. The molecule has 1 fully saturated rings. The third-order valence-corrected chi connectivity index (χ3v) is 3.64. The maximum Gasteiger partial charge on any atom is 0.161 e. The minimum Gasteiger partial charge on any atom is -0.490 e. The topological polar surface area (TPSA) is 30.9 Å². The molecular formula is C16H21NO3S. The molecule has 0 N–H and O–H groups in total. The molecule has 4 nitrogen and oxygen atoms in total. The highest BCUT2D eigenvalue weighted by Crippen LogP contribution is 2.29. The summed E-state index contributed by atoms with van der Waals surface area (Å²) in [5.41, 5.74) is 0.973. The molecule has 21 heavy (non-hydrogen) atoms. The lowest BCUT2D eigenvalue weighted by molar-refractivity contribution is 0.0693. The normalized spacial score (nSPS) is 14.6. The minimum absolute atomic E-state index is 0.452. The molecule has 2 rings (SSSR count). The van der Waals surface area contributed by atoms with E-state index in [-0.39, 0.29) is 0 Å². The van der Waals surface area contributed by atoms with Crippen molar-refractivity contribution in [3.8, 4) is 11.5 Å². The zero-order chi connectivity index (χ0) is 15.1. The van der Waals surface area contributed by atoms with Crippen LogP contribution in [-0.2, 0) is 4.74 Å². The van der Waals surface area contributed by atoms with Crippen molar-refractivity contribution in [3.05, 3.63) is 36.4 Å². The average molecular weight is 307 g/mol. The van der Waals surface area contributed by atoms with Gasteiger partial charge in [-0.1, -0.05) is 24.9 Å². The number of nitrogens with zero attached hydrogens (tertiary/aromatic N) is 1. The van der Waals surface area contributed by atoms with E-state index < -0.39 is 0 Å². The van der Waals surface area contributed by atoms with E-state index in [9.17, 15) is 0 Å². The van der Waals surface area contributed by atoms with Crippen LogP contribution < -0.4 is 9.47 Å². The second-order valence-electron chi connectivity index (χ2n) is 4.60. The number of rotatable bonds is 6. The van der Waals surface area contributed by atoms with Gasteiger partial charge in [-0.2, -0.15) is 0 Å². The fraction of sp³-hybridized carbons (Fsp3) is 0.438. The Bertz CT molecular complexity index is 498. The molecule has 0 radical (unpaired) electrons. The molecule has 1 aliphatic heterocycles. The van der Waals surface area contributed by atoms with Gasteiger partial charge in [0.15, 0.2) is 11.5 Å². The molecule has 1 saturated heterocycles. The molecule has 114 valence electrons. The molecule has 1 aromatic rings. The predicted molar refractivity (Wildman–Crippen MR) is 87.4 cm³/mol. The van der Waals surface area contributed by atoms with Gasteiger partial charge in [0.2, 0.25) is 0 Å². The first kappa shape index (κ1) is 15.8. The molecule has 0 bridgehead atoms. The van der Waals surface area contributed by atoms with Crippen molar-refractivity contribution in [2.75, 3.05) is 39.5 Å². The van der Waals surface area contributed by atoms with Gasteiger partial charge in [0.25, 0.3) is 0 Å². The van der Waals surface area contributed by atoms with Crippen LogP contribution >= 0.6 is 12.2 Å². The van der Waals surface area contributed by atoms with E-state index in [2.05, 4.69) is 11.5 Å². The van der Waals surface area contributed by atoms with E-state index in [1.54, 1.807) is 6.08 Å². The predicted octanol–water partition coefficient (Wildman–Crippen LogP) is 2.66. The van der Waals surface area contributed by atoms with E-state index in [1.807, 2.05) is 25.1 Å². The van der Waals surface area contributed by atoms with Crippen LogP contribution in [-0.4, -0.2) is 49.4 Å². The highest BCUT2D eigenvalue weighted by Gasteiger charge is 2.17. The fourth-order valence-corrected chi connectivity index (χ4v) is 2.44. The van der Waals surface area contributed by atoms with E-state index in [0.717, 1.165) is 36.9 Å². The molecule has 0 aliphatic carbocycles. The molecular weight excluding hydrogens is 286 g/mol. The Hall–Kier alpha value is -1.59. The summed E-state index contributed by atoms with van der Waals surface area (Å²) in [7, 11) is 0. The van der Waals surface area contributed by atoms with Gasteiger partial charge in [-0.25, -0.2) is 0 Å². The van der Waals surface area contributed by atoms with Crippen LogP contribution in [0.4, 0.5) is 0 Å². The second-order valence-corrected chi connectivity index (χ2v) is 4.99. The minimum atomic E-state index is 0.452. The summed E-state index contributed by atoms with van der Waals surface area (Å²) in [5.74, 6) is 1.43. The second kappa shape index (κ2) is 8.00. The monoisotopic (exact) mass is 307 g/mol. The summed E-state index contributed by atoms with van der Waals surface area (Å²) >= 11 is 5.57. The first-order valence-electron chi connectivity index (χ1n) is 7.13. The first-order valence-corrected chi connectivity index (χ1v) is 7.54. The van der Waals surface area contributed by atoms with E-state index >= 15 is 0 Å². The molecule has 5 heteroatoms. The molecule has 0 aromatic heterocycles. The summed E-state index contributed by atoms with van der Waals surface area (Å²) in [6.07, 6.45) is 1.71. The van der Waals surface area contributed by atoms with E-state index in [4.69, 9.17) is 26.4 Å². The molecule has 1 aliphatic rings. The average Bonchev–Trinajstić information content (AvgIpc) is 2.54. The van der Waals surface area contributed by atoms with Crippen molar-refractivity contribution in [3.63, 3.8) is 0 Å². The Morgan fingerprint density at radius 2 is 2.10 bits per heavy atom. The van der Waals surface area contributed by atoms with Gasteiger partial charge in [-0.15, -0.1) is 0 Å². The molecule has 0 unspecified atom stereocenters. The van der Waals surface area contributed by atoms with Crippen molar-refractivity contribution >= 4 is 17.2 Å². The maximum absolute atomic E-state index is 5.65. The molecule has 1 aromatic carbocycles. The Labute approximate surface area is 131 Å². The molecule has 0 amide bonds. The number of benzene rings is 1. The van der Waals surface area contributed by atoms with Gasteiger partial charge in [0.05, 0.1) is 19.8 Å². The SMILES string of the molecule is C=CCOc1ccc(C(=S)N2CCOCC2)cc1OCC. The number of morpholine rings is 1. The summed E-state index contributed by atoms with van der Waals surface area (Å²) < 4.78 is 16.6. The van der Waals surface area contributed by atoms with Crippen LogP contribution in [0.2, 0.25) is 0 Å². The van der Waals surface area contributed by atoms with Gasteiger partial charge in [0, 0.05) is 18.7 Å². The van der Waals surface area contributed by atoms with Gasteiger partial charge < -0.3 is 19.1 Å². The Kier molecular flexibility index (Phi) is 6.02. The summed E-state index contributed by atoms with van der Waals surface area (Å²) in [5, 5.41) is 0. The lowest BCUT2D eigenvalue weighted by Crippen LogP contribution is -2.40. The van der Waals surface area contributed by atoms with Crippen molar-refractivity contribution < 1.29 is 14.2 Å². The highest BCUT2D eigenvalue weighted by atomic mass is 32.1. The summed E-state index contributed by atoms with van der Waals surface area (Å²) in [4.78, 5) is 2.99. The molecule has 0 saturated carbocycles. The van der Waals surface area contributed by atoms with Crippen LogP contribution in [0.5, 0.6) is 11.5 Å². The Morgan fingerprint density at radius 1 is 1.33 bits per heavy atom. The number of thiocarbonyl (C=S) groups is 1. The maximum atomic E-state index is 5.65. The number of ether oxygens (including phenoxy) is 3. The standard InChI is InChI=1S/C16H21NO3S/c1-3-9-20-14-6-5-13(12-15(14)19-4-2)16(21)17-7-10-18-11-8-17/h3,5-6,12H,1,4,7-11H2,2H3. The van der Waals surface area contributed by atoms with Crippen LogP contribution in [0.25, 0.3) is 0 Å². The van der Waals surface area contributed by atoms with Crippen molar-refractivity contribution in [2.45, 2.75) is 6.92 Å². The summed E-state index contributed by atoms with van der Waals surface area (Å²) in [6, 6.07) is 5.81. The van der Waals surface area contributed by atoms with Crippen LogP contribution in [0.1, 0.15) is 12.5 Å². The number of hydrogen-bond donors (Lipinski definition) is 0. The van der Waals surface area contributed by atoms with Crippen LogP contribution in [0, 0.1) is 0 Å². The van der Waals surface area contributed by atoms with Crippen molar-refractivity contribution in [2.24, 2.45) is 0 Å². The van der Waals surface area contributed by atoms with Crippen LogP contribution in [0.3, 0.4) is 0 Å². The zero-order valence-corrected chi connectivity index (χ0v) is 13.2. The van der Waals surface area contributed by atoms with E-state index in [1.165, 1.54) is 0 Å². The smallest absolute Gasteiger partial charge is 0.161 e. The van der Waals surface area contributed by atoms with Gasteiger partial charge in [-0.05, 0) is 25.1 Å². The van der Waals surface area contributed by atoms with Gasteiger partial charge in [0.1, 0.15) is 11.6 Å². The lowest BCUT2D eigenvalue weighted by atomic mass is 10.1. The van der Waals surface area contributed by atoms with Crippen LogP contribution in [0.15, 0.2) is 30.9 Å². The van der Waals surface area contributed by atoms with Crippen molar-refractivity contribution in [1.29, 1.82) is 0 Å². The van der Waals surface area contributed by atoms with Gasteiger partial charge >= 0.3 is 0 Å². The third-order valence-electron chi connectivity index (χ3n) is 3.15. The molecule has 0 atom stereocenters. The Morgan fingerprint density at radius 3 is 2.76 bits per heavy atom. The summed E-state index contributed by atoms with van der Waals surface area (Å²) in [6.45, 7) is 9.74. The largest absolute Gasteiger partial charge is 0.490 e. The van der Waals surface area contributed by atoms with Gasteiger partial charge in [-0.3, -0.25) is 0 Å². The number of hydrogen-bond acceptors (Lipinski definition) is 4. The van der Waals surface area contributed by atoms with Crippen molar-refractivity contribution in [1.82, 2.24) is 4.90 Å². The fourth-order valence-electron chi connectivity index (χ4n) is 2.13. The zero-order valence-electron chi connectivity index (χ0n) is 12.3. The van der Waals surface area contributed by atoms with E-state index in [0.29, 0.717) is 24.7 Å². The molecule has 0 spiro atoms. The highest BCUT2D eigenvalue weighted by molar-refractivity contribution is 7.80. The third kappa shape index (κ3) is 4.19. The quantitative estimate of drug-likeness (QED) is 0.596. The Balaban J connectivity index is 2.17.